The quantitative estimate of drug-likeness (QED) is 0.379. The second kappa shape index (κ2) is 6.85. The first-order valence-electron chi connectivity index (χ1n) is 7.20. The van der Waals surface area contributed by atoms with Crippen molar-refractivity contribution in [1.82, 2.24) is 0 Å². The van der Waals surface area contributed by atoms with Gasteiger partial charge >= 0.3 is 0 Å². The number of hydrogen-bond donors (Lipinski definition) is 0. The molecule has 0 aromatic heterocycles. The van der Waals surface area contributed by atoms with Crippen LogP contribution in [-0.4, -0.2) is 47.5 Å². The molecule has 0 aromatic rings. The summed E-state index contributed by atoms with van der Waals surface area (Å²) in [6.07, 6.45) is 9.57. The van der Waals surface area contributed by atoms with E-state index in [2.05, 4.69) is 6.58 Å². The van der Waals surface area contributed by atoms with Crippen molar-refractivity contribution in [3.63, 3.8) is 0 Å². The lowest BCUT2D eigenvalue weighted by Crippen LogP contribution is -2.37. The summed E-state index contributed by atoms with van der Waals surface area (Å²) in [5.41, 5.74) is 0. The van der Waals surface area contributed by atoms with Crippen molar-refractivity contribution in [2.75, 3.05) is 19.8 Å². The number of rotatable bonds is 8. The van der Waals surface area contributed by atoms with E-state index < -0.39 is 0 Å². The summed E-state index contributed by atoms with van der Waals surface area (Å²) in [4.78, 5) is 0. The fourth-order valence-electron chi connectivity index (χ4n) is 2.52. The first kappa shape index (κ1) is 14.3. The van der Waals surface area contributed by atoms with E-state index in [4.69, 9.17) is 14.2 Å². The van der Waals surface area contributed by atoms with E-state index in [1.165, 1.54) is 19.3 Å². The molecule has 104 valence electrons. The van der Waals surface area contributed by atoms with E-state index >= 15 is 0 Å². The maximum Gasteiger partial charge on any atom is 0.104 e. The molecule has 0 N–H and O–H groups in total. The summed E-state index contributed by atoms with van der Waals surface area (Å²) < 4.78 is 17.1. The van der Waals surface area contributed by atoms with Gasteiger partial charge in [-0.2, -0.15) is 0 Å². The van der Waals surface area contributed by atoms with Crippen LogP contribution in [0.1, 0.15) is 38.5 Å². The molecule has 0 amide bonds. The van der Waals surface area contributed by atoms with Crippen LogP contribution in [0.25, 0.3) is 0 Å². The molecule has 18 heavy (non-hydrogen) atoms. The molecular formula is C14H26O3Si. The maximum absolute atomic E-state index is 5.99. The molecule has 0 aromatic carbocycles. The Bertz CT molecular complexity index is 260. The zero-order valence-electron chi connectivity index (χ0n) is 11.5. The Kier molecular flexibility index (Phi) is 5.42. The molecule has 4 heteroatoms. The summed E-state index contributed by atoms with van der Waals surface area (Å²) in [5, 5.41) is 0.205. The lowest BCUT2D eigenvalue weighted by Gasteiger charge is -2.35. The van der Waals surface area contributed by atoms with Gasteiger partial charge in [-0.25, -0.2) is 0 Å². The summed E-state index contributed by atoms with van der Waals surface area (Å²) in [6.45, 7) is 6.39. The van der Waals surface area contributed by atoms with Crippen molar-refractivity contribution in [2.24, 2.45) is 0 Å². The third-order valence-electron chi connectivity index (χ3n) is 3.90. The molecule has 0 spiro atoms. The molecule has 0 aliphatic carbocycles. The lowest BCUT2D eigenvalue weighted by molar-refractivity contribution is -0.0376. The minimum absolute atomic E-state index is 0.205. The van der Waals surface area contributed by atoms with Gasteiger partial charge in [0, 0.05) is 22.1 Å². The molecule has 2 aliphatic heterocycles. The smallest absolute Gasteiger partial charge is 0.104 e. The van der Waals surface area contributed by atoms with Gasteiger partial charge in [-0.1, -0.05) is 6.08 Å². The number of epoxide rings is 1. The van der Waals surface area contributed by atoms with Crippen molar-refractivity contribution >= 4 is 10.2 Å². The average Bonchev–Trinajstić information content (AvgIpc) is 3.18. The van der Waals surface area contributed by atoms with E-state index in [1.807, 2.05) is 6.08 Å². The first-order valence-corrected chi connectivity index (χ1v) is 8.20. The van der Waals surface area contributed by atoms with Crippen molar-refractivity contribution in [3.05, 3.63) is 12.7 Å². The maximum atomic E-state index is 5.99. The molecule has 2 saturated heterocycles. The predicted molar refractivity (Wildman–Crippen MR) is 76.0 cm³/mol. The van der Waals surface area contributed by atoms with E-state index in [9.17, 15) is 0 Å². The Morgan fingerprint density at radius 2 is 2.33 bits per heavy atom. The normalized spacial score (nSPS) is 33.2. The Morgan fingerprint density at radius 1 is 1.50 bits per heavy atom. The van der Waals surface area contributed by atoms with Gasteiger partial charge in [-0.05, 0) is 38.5 Å². The monoisotopic (exact) mass is 270 g/mol. The largest absolute Gasteiger partial charge is 0.380 e. The molecular weight excluding hydrogens is 244 g/mol. The van der Waals surface area contributed by atoms with Crippen molar-refractivity contribution < 1.29 is 14.2 Å². The van der Waals surface area contributed by atoms with Crippen LogP contribution in [0.15, 0.2) is 12.7 Å². The van der Waals surface area contributed by atoms with Crippen LogP contribution in [0.4, 0.5) is 0 Å². The highest BCUT2D eigenvalue weighted by molar-refractivity contribution is 6.14. The van der Waals surface area contributed by atoms with Crippen LogP contribution in [0.5, 0.6) is 0 Å². The molecule has 2 aliphatic rings. The van der Waals surface area contributed by atoms with Gasteiger partial charge in [0.2, 0.25) is 0 Å². The van der Waals surface area contributed by atoms with Crippen LogP contribution in [0.2, 0.25) is 0 Å². The van der Waals surface area contributed by atoms with Gasteiger partial charge in [0.25, 0.3) is 0 Å². The second-order valence-electron chi connectivity index (χ2n) is 5.73. The minimum atomic E-state index is 0.205. The zero-order chi connectivity index (χ0) is 12.8. The molecule has 0 saturated carbocycles. The topological polar surface area (TPSA) is 31.0 Å². The van der Waals surface area contributed by atoms with Crippen LogP contribution in [0.3, 0.4) is 0 Å². The van der Waals surface area contributed by atoms with Crippen LogP contribution in [-0.2, 0) is 14.2 Å². The Balaban J connectivity index is 1.70. The van der Waals surface area contributed by atoms with Crippen molar-refractivity contribution in [2.45, 2.75) is 56.0 Å². The lowest BCUT2D eigenvalue weighted by atomic mass is 10.0. The zero-order valence-corrected chi connectivity index (χ0v) is 13.5. The SMILES string of the molecule is C=CCC(CCC1([SiH3])CCCCO1)OCC1CO1. The fourth-order valence-corrected chi connectivity index (χ4v) is 3.36. The van der Waals surface area contributed by atoms with E-state index in [-0.39, 0.29) is 5.22 Å². The molecule has 3 atom stereocenters. The highest BCUT2D eigenvalue weighted by Gasteiger charge is 2.29. The standard InChI is InChI=1S/C14H26O3Si/c1-2-5-12(15-10-13-11-16-13)6-8-14(18)7-3-4-9-17-14/h2,12-13H,1,3-11H2,18H3. The first-order chi connectivity index (χ1) is 8.72. The molecule has 2 fully saturated rings. The van der Waals surface area contributed by atoms with Gasteiger partial charge in [0.1, 0.15) is 6.10 Å². The third kappa shape index (κ3) is 4.84. The molecule has 2 rings (SSSR count). The fraction of sp³-hybridized carbons (Fsp3) is 0.857. The molecule has 0 radical (unpaired) electrons. The Labute approximate surface area is 113 Å². The summed E-state index contributed by atoms with van der Waals surface area (Å²) in [5.74, 6) is 0. The van der Waals surface area contributed by atoms with Crippen LogP contribution < -0.4 is 0 Å². The summed E-state index contributed by atoms with van der Waals surface area (Å²) in [6, 6.07) is 0. The second-order valence-corrected chi connectivity index (χ2v) is 7.55. The van der Waals surface area contributed by atoms with Crippen molar-refractivity contribution in [3.8, 4) is 0 Å². The molecule has 3 nitrogen and oxygen atoms in total. The Hall–Kier alpha value is -0.163. The van der Waals surface area contributed by atoms with Gasteiger partial charge in [-0.3, -0.25) is 0 Å². The van der Waals surface area contributed by atoms with Gasteiger partial charge < -0.3 is 14.2 Å². The van der Waals surface area contributed by atoms with Gasteiger partial charge in [-0.15, -0.1) is 6.58 Å². The summed E-state index contributed by atoms with van der Waals surface area (Å²) >= 11 is 0. The molecule has 0 bridgehead atoms. The number of ether oxygens (including phenoxy) is 3. The molecule has 2 heterocycles. The summed E-state index contributed by atoms with van der Waals surface area (Å²) in [7, 11) is 1.12. The van der Waals surface area contributed by atoms with Crippen LogP contribution in [0, 0.1) is 0 Å². The van der Waals surface area contributed by atoms with E-state index in [0.717, 1.165) is 49.3 Å². The third-order valence-corrected chi connectivity index (χ3v) is 5.18. The average molecular weight is 270 g/mol. The number of hydrogen-bond acceptors (Lipinski definition) is 3. The van der Waals surface area contributed by atoms with Gasteiger partial charge in [0.05, 0.1) is 19.3 Å². The van der Waals surface area contributed by atoms with Gasteiger partial charge in [0.15, 0.2) is 0 Å². The molecule has 3 unspecified atom stereocenters. The van der Waals surface area contributed by atoms with Crippen molar-refractivity contribution in [1.29, 1.82) is 0 Å². The van der Waals surface area contributed by atoms with Crippen LogP contribution >= 0.6 is 0 Å². The highest BCUT2D eigenvalue weighted by Crippen LogP contribution is 2.28. The Morgan fingerprint density at radius 3 is 2.94 bits per heavy atom. The minimum Gasteiger partial charge on any atom is -0.380 e. The highest BCUT2D eigenvalue weighted by atomic mass is 28.1. The predicted octanol–water partition coefficient (Wildman–Crippen LogP) is 1.39. The van der Waals surface area contributed by atoms with E-state index in [0.29, 0.717) is 12.2 Å². The van der Waals surface area contributed by atoms with E-state index in [1.54, 1.807) is 0 Å².